The van der Waals surface area contributed by atoms with Gasteiger partial charge in [-0.15, -0.1) is 0 Å². The molecule has 0 saturated heterocycles. The first kappa shape index (κ1) is 24.1. The maximum atomic E-state index is 13.6. The third-order valence-corrected chi connectivity index (χ3v) is 5.98. The van der Waals surface area contributed by atoms with E-state index in [0.29, 0.717) is 23.0 Å². The number of carbonyl (C=O) groups is 3. The highest BCUT2D eigenvalue weighted by atomic mass is 16.5. The number of benzene rings is 1. The van der Waals surface area contributed by atoms with Crippen LogP contribution in [-0.2, 0) is 9.59 Å². The normalized spacial score (nSPS) is 14.3. The monoisotopic (exact) mass is 479 g/mol. The minimum atomic E-state index is -1.08. The second-order valence-corrected chi connectivity index (χ2v) is 8.47. The van der Waals surface area contributed by atoms with Crippen molar-refractivity contribution in [2.75, 3.05) is 18.6 Å². The maximum absolute atomic E-state index is 13.6. The lowest BCUT2D eigenvalue weighted by Gasteiger charge is -2.31. The van der Waals surface area contributed by atoms with Gasteiger partial charge in [-0.2, -0.15) is 0 Å². The SMILES string of the molecule is COc1cccc(N(C(=O)CNC(=O)c2ccco2)[C@@H](C(=O)NC2CCCC2)c2ccc(C)o2)c1. The van der Waals surface area contributed by atoms with Crippen molar-refractivity contribution in [3.8, 4) is 5.75 Å². The van der Waals surface area contributed by atoms with E-state index in [4.69, 9.17) is 13.6 Å². The van der Waals surface area contributed by atoms with E-state index in [1.807, 2.05) is 0 Å². The minimum absolute atomic E-state index is 0.0435. The van der Waals surface area contributed by atoms with Crippen molar-refractivity contribution in [2.24, 2.45) is 0 Å². The summed E-state index contributed by atoms with van der Waals surface area (Å²) < 4.78 is 16.3. The fraction of sp³-hybridized carbons (Fsp3) is 0.346. The zero-order valence-electron chi connectivity index (χ0n) is 19.8. The van der Waals surface area contributed by atoms with Gasteiger partial charge in [0.15, 0.2) is 11.8 Å². The summed E-state index contributed by atoms with van der Waals surface area (Å²) in [6, 6.07) is 12.3. The zero-order chi connectivity index (χ0) is 24.8. The molecule has 0 spiro atoms. The molecule has 9 heteroatoms. The van der Waals surface area contributed by atoms with Crippen molar-refractivity contribution in [3.05, 3.63) is 72.1 Å². The van der Waals surface area contributed by atoms with Crippen LogP contribution in [0.2, 0.25) is 0 Å². The average Bonchev–Trinajstić information content (AvgIpc) is 3.64. The highest BCUT2D eigenvalue weighted by Gasteiger charge is 2.36. The van der Waals surface area contributed by atoms with Gasteiger partial charge in [-0.3, -0.25) is 19.3 Å². The Bertz CT molecular complexity index is 1160. The molecule has 2 aromatic heterocycles. The van der Waals surface area contributed by atoms with Crippen LogP contribution in [0.15, 0.2) is 63.6 Å². The molecule has 0 radical (unpaired) electrons. The van der Waals surface area contributed by atoms with Gasteiger partial charge in [-0.25, -0.2) is 0 Å². The quantitative estimate of drug-likeness (QED) is 0.483. The van der Waals surface area contributed by atoms with Gasteiger partial charge < -0.3 is 24.2 Å². The minimum Gasteiger partial charge on any atom is -0.497 e. The third-order valence-electron chi connectivity index (χ3n) is 5.98. The standard InChI is InChI=1S/C26H29N3O6/c1-17-12-13-21(35-17)24(26(32)28-18-7-3-4-8-18)29(19-9-5-10-20(15-19)33-2)23(30)16-27-25(31)22-11-6-14-34-22/h5-6,9-15,18,24H,3-4,7-8,16H2,1-2H3,(H,27,31)(H,28,32)/t24-/m1/s1. The number of anilines is 1. The molecule has 0 unspecified atom stereocenters. The molecule has 2 heterocycles. The lowest BCUT2D eigenvalue weighted by atomic mass is 10.1. The van der Waals surface area contributed by atoms with E-state index in [2.05, 4.69) is 10.6 Å². The lowest BCUT2D eigenvalue weighted by molar-refractivity contribution is -0.127. The molecule has 4 rings (SSSR count). The second-order valence-electron chi connectivity index (χ2n) is 8.47. The van der Waals surface area contributed by atoms with Gasteiger partial charge in [0.25, 0.3) is 11.8 Å². The summed E-state index contributed by atoms with van der Waals surface area (Å²) in [7, 11) is 1.52. The predicted octanol–water partition coefficient (Wildman–Crippen LogP) is 3.75. The lowest BCUT2D eigenvalue weighted by Crippen LogP contribution is -2.49. The van der Waals surface area contributed by atoms with Gasteiger partial charge in [0.2, 0.25) is 5.91 Å². The van der Waals surface area contributed by atoms with Crippen LogP contribution in [0.3, 0.4) is 0 Å². The van der Waals surface area contributed by atoms with Crippen molar-refractivity contribution in [1.29, 1.82) is 0 Å². The largest absolute Gasteiger partial charge is 0.497 e. The van der Waals surface area contributed by atoms with Crippen LogP contribution in [0.25, 0.3) is 0 Å². The molecule has 0 bridgehead atoms. The Morgan fingerprint density at radius 1 is 1.11 bits per heavy atom. The van der Waals surface area contributed by atoms with E-state index in [1.54, 1.807) is 49.4 Å². The number of carbonyl (C=O) groups excluding carboxylic acids is 3. The van der Waals surface area contributed by atoms with Crippen molar-refractivity contribution < 1.29 is 28.0 Å². The molecule has 2 N–H and O–H groups in total. The smallest absolute Gasteiger partial charge is 0.287 e. The van der Waals surface area contributed by atoms with Crippen LogP contribution >= 0.6 is 0 Å². The van der Waals surface area contributed by atoms with Gasteiger partial charge >= 0.3 is 0 Å². The Balaban J connectivity index is 1.68. The van der Waals surface area contributed by atoms with Crippen molar-refractivity contribution in [2.45, 2.75) is 44.7 Å². The van der Waals surface area contributed by atoms with E-state index in [0.717, 1.165) is 25.7 Å². The first-order valence-corrected chi connectivity index (χ1v) is 11.6. The predicted molar refractivity (Wildman–Crippen MR) is 128 cm³/mol. The van der Waals surface area contributed by atoms with E-state index in [9.17, 15) is 14.4 Å². The Morgan fingerprint density at radius 2 is 1.91 bits per heavy atom. The van der Waals surface area contributed by atoms with Gasteiger partial charge in [0.1, 0.15) is 17.3 Å². The number of nitrogens with zero attached hydrogens (tertiary/aromatic N) is 1. The average molecular weight is 480 g/mol. The Hall–Kier alpha value is -4.01. The fourth-order valence-electron chi connectivity index (χ4n) is 4.26. The van der Waals surface area contributed by atoms with Gasteiger partial charge in [-0.05, 0) is 56.2 Å². The summed E-state index contributed by atoms with van der Waals surface area (Å²) >= 11 is 0. The van der Waals surface area contributed by atoms with Crippen LogP contribution in [0, 0.1) is 6.92 Å². The number of nitrogens with one attached hydrogen (secondary N) is 2. The van der Waals surface area contributed by atoms with E-state index >= 15 is 0 Å². The molecule has 1 aliphatic rings. The molecule has 1 fully saturated rings. The molecule has 3 aromatic rings. The van der Waals surface area contributed by atoms with Gasteiger partial charge in [0, 0.05) is 17.8 Å². The van der Waals surface area contributed by atoms with Crippen LogP contribution in [0.1, 0.15) is 53.8 Å². The number of methoxy groups -OCH3 is 1. The highest BCUT2D eigenvalue weighted by molar-refractivity contribution is 6.04. The summed E-state index contributed by atoms with van der Waals surface area (Å²) in [5, 5.41) is 5.65. The second kappa shape index (κ2) is 10.9. The summed E-state index contributed by atoms with van der Waals surface area (Å²) in [5.74, 6) is 0.163. The van der Waals surface area contributed by atoms with E-state index in [1.165, 1.54) is 24.3 Å². The maximum Gasteiger partial charge on any atom is 0.287 e. The number of hydrogen-bond donors (Lipinski definition) is 2. The van der Waals surface area contributed by atoms with E-state index < -0.39 is 17.9 Å². The molecule has 1 aromatic carbocycles. The molecule has 9 nitrogen and oxygen atoms in total. The zero-order valence-corrected chi connectivity index (χ0v) is 19.8. The van der Waals surface area contributed by atoms with Crippen LogP contribution in [-0.4, -0.2) is 37.4 Å². The third kappa shape index (κ3) is 5.74. The molecule has 35 heavy (non-hydrogen) atoms. The van der Waals surface area contributed by atoms with Crippen molar-refractivity contribution in [3.63, 3.8) is 0 Å². The number of rotatable bonds is 9. The van der Waals surface area contributed by atoms with Crippen molar-refractivity contribution >= 4 is 23.4 Å². The first-order chi connectivity index (χ1) is 17.0. The number of ether oxygens (including phenoxy) is 1. The Labute approximate surface area is 203 Å². The first-order valence-electron chi connectivity index (χ1n) is 11.6. The molecule has 1 atom stereocenters. The van der Waals surface area contributed by atoms with E-state index in [-0.39, 0.29) is 24.3 Å². The summed E-state index contributed by atoms with van der Waals surface area (Å²) in [4.78, 5) is 40.9. The molecule has 1 aliphatic carbocycles. The summed E-state index contributed by atoms with van der Waals surface area (Å²) in [5.41, 5.74) is 0.433. The Morgan fingerprint density at radius 3 is 2.57 bits per heavy atom. The van der Waals surface area contributed by atoms with Crippen LogP contribution in [0.5, 0.6) is 5.75 Å². The Kier molecular flexibility index (Phi) is 7.54. The van der Waals surface area contributed by atoms with Crippen LogP contribution in [0.4, 0.5) is 5.69 Å². The van der Waals surface area contributed by atoms with Gasteiger partial charge in [0.05, 0.1) is 19.9 Å². The summed E-state index contributed by atoms with van der Waals surface area (Å²) in [6.45, 7) is 1.42. The highest BCUT2D eigenvalue weighted by Crippen LogP contribution is 2.32. The molecule has 3 amide bonds. The number of aryl methyl sites for hydroxylation is 1. The van der Waals surface area contributed by atoms with Crippen molar-refractivity contribution in [1.82, 2.24) is 10.6 Å². The topological polar surface area (TPSA) is 114 Å². The molecule has 0 aliphatic heterocycles. The molecular weight excluding hydrogens is 450 g/mol. The number of furan rings is 2. The van der Waals surface area contributed by atoms with Crippen LogP contribution < -0.4 is 20.3 Å². The number of hydrogen-bond acceptors (Lipinski definition) is 6. The fourth-order valence-corrected chi connectivity index (χ4v) is 4.26. The molecular formula is C26H29N3O6. The summed E-state index contributed by atoms with van der Waals surface area (Å²) in [6.07, 6.45) is 5.26. The molecule has 1 saturated carbocycles. The molecule has 184 valence electrons. The number of amides is 3. The van der Waals surface area contributed by atoms with Gasteiger partial charge in [-0.1, -0.05) is 18.9 Å².